The molecule has 5 heteroatoms. The maximum Gasteiger partial charge on any atom is 0.343 e. The molecule has 0 atom stereocenters. The Morgan fingerprint density at radius 3 is 2.93 bits per heavy atom. The van der Waals surface area contributed by atoms with Crippen molar-refractivity contribution < 1.29 is 14.3 Å². The molecule has 76 valence electrons. The molecule has 0 radical (unpaired) electrons. The number of esters is 1. The average Bonchev–Trinajstić information content (AvgIpc) is 2.16. The molecule has 0 unspecified atom stereocenters. The van der Waals surface area contributed by atoms with Crippen LogP contribution in [-0.2, 0) is 9.53 Å². The highest BCUT2D eigenvalue weighted by molar-refractivity contribution is 9.10. The number of methoxy groups -OCH3 is 1. The second-order valence-electron chi connectivity index (χ2n) is 2.64. The van der Waals surface area contributed by atoms with Crippen LogP contribution in [0.4, 0.5) is 0 Å². The highest BCUT2D eigenvalue weighted by Crippen LogP contribution is 2.18. The summed E-state index contributed by atoms with van der Waals surface area (Å²) in [7, 11) is 1.31. The number of nitrogens with zero attached hydrogens (tertiary/aromatic N) is 1. The lowest BCUT2D eigenvalue weighted by Crippen LogP contribution is -2.13. The predicted octanol–water partition coefficient (Wildman–Crippen LogP) is 1.70. The van der Waals surface area contributed by atoms with Crippen molar-refractivity contribution in [3.63, 3.8) is 0 Å². The van der Waals surface area contributed by atoms with Crippen molar-refractivity contribution in [1.29, 1.82) is 0 Å². The van der Waals surface area contributed by atoms with Crippen LogP contribution in [0.25, 0.3) is 0 Å². The van der Waals surface area contributed by atoms with Gasteiger partial charge in [0.05, 0.1) is 7.11 Å². The number of halogens is 1. The van der Waals surface area contributed by atoms with Gasteiger partial charge < -0.3 is 9.47 Å². The Morgan fingerprint density at radius 2 is 2.36 bits per heavy atom. The summed E-state index contributed by atoms with van der Waals surface area (Å²) in [6, 6.07) is 1.86. The van der Waals surface area contributed by atoms with Crippen LogP contribution in [0.5, 0.6) is 5.88 Å². The summed E-state index contributed by atoms with van der Waals surface area (Å²) in [5.41, 5.74) is 0.864. The molecule has 1 heterocycles. The molecule has 0 spiro atoms. The smallest absolute Gasteiger partial charge is 0.343 e. The van der Waals surface area contributed by atoms with E-state index in [9.17, 15) is 4.79 Å². The number of carbonyl (C=O) groups excluding carboxylic acids is 1. The van der Waals surface area contributed by atoms with Crippen molar-refractivity contribution in [2.24, 2.45) is 0 Å². The van der Waals surface area contributed by atoms with Crippen molar-refractivity contribution in [2.45, 2.75) is 6.92 Å². The molecule has 0 aromatic carbocycles. The lowest BCUT2D eigenvalue weighted by Gasteiger charge is -2.06. The highest BCUT2D eigenvalue weighted by atomic mass is 79.9. The molecule has 1 rings (SSSR count). The number of hydrogen-bond acceptors (Lipinski definition) is 4. The minimum atomic E-state index is -0.422. The topological polar surface area (TPSA) is 48.4 Å². The Morgan fingerprint density at radius 1 is 1.64 bits per heavy atom. The summed E-state index contributed by atoms with van der Waals surface area (Å²) < 4.78 is 10.4. The molecule has 1 aromatic rings. The number of rotatable bonds is 3. The number of carbonyl (C=O) groups is 1. The van der Waals surface area contributed by atoms with Crippen LogP contribution in [0.3, 0.4) is 0 Å². The molecule has 0 amide bonds. The van der Waals surface area contributed by atoms with Gasteiger partial charge in [0.1, 0.15) is 0 Å². The molecule has 0 saturated carbocycles. The van der Waals surface area contributed by atoms with Gasteiger partial charge in [-0.15, -0.1) is 0 Å². The fourth-order valence-electron chi connectivity index (χ4n) is 0.865. The van der Waals surface area contributed by atoms with Gasteiger partial charge in [-0.1, -0.05) is 0 Å². The van der Waals surface area contributed by atoms with E-state index in [1.54, 1.807) is 6.20 Å². The van der Waals surface area contributed by atoms with E-state index in [-0.39, 0.29) is 6.61 Å². The van der Waals surface area contributed by atoms with E-state index in [2.05, 4.69) is 25.7 Å². The van der Waals surface area contributed by atoms with Crippen LogP contribution >= 0.6 is 15.9 Å². The minimum absolute atomic E-state index is 0.119. The zero-order chi connectivity index (χ0) is 10.6. The van der Waals surface area contributed by atoms with Crippen LogP contribution < -0.4 is 4.74 Å². The van der Waals surface area contributed by atoms with Gasteiger partial charge in [0.25, 0.3) is 0 Å². The first-order valence-electron chi connectivity index (χ1n) is 3.95. The number of aryl methyl sites for hydroxylation is 1. The number of ether oxygens (including phenoxy) is 2. The largest absolute Gasteiger partial charge is 0.466 e. The summed E-state index contributed by atoms with van der Waals surface area (Å²) in [5.74, 6) is 0.0210. The molecule has 0 N–H and O–H groups in total. The van der Waals surface area contributed by atoms with Gasteiger partial charge in [-0.2, -0.15) is 0 Å². The molecular formula is C9H10BrNO3. The van der Waals surface area contributed by atoms with Gasteiger partial charge in [-0.3, -0.25) is 0 Å². The Bertz CT molecular complexity index is 341. The maximum absolute atomic E-state index is 10.8. The van der Waals surface area contributed by atoms with Crippen LogP contribution in [0, 0.1) is 6.92 Å². The molecule has 1 aromatic heterocycles. The molecule has 0 saturated heterocycles. The lowest BCUT2D eigenvalue weighted by atomic mass is 10.3. The van der Waals surface area contributed by atoms with Crippen LogP contribution in [0.15, 0.2) is 16.7 Å². The SMILES string of the molecule is COC(=O)COc1ncc(Br)cc1C. The van der Waals surface area contributed by atoms with E-state index in [0.717, 1.165) is 10.0 Å². The third-order valence-corrected chi connectivity index (χ3v) is 1.98. The number of aromatic nitrogens is 1. The van der Waals surface area contributed by atoms with E-state index < -0.39 is 5.97 Å². The van der Waals surface area contributed by atoms with Crippen LogP contribution in [0.2, 0.25) is 0 Å². The van der Waals surface area contributed by atoms with Crippen molar-refractivity contribution in [3.05, 3.63) is 22.3 Å². The Balaban J connectivity index is 2.63. The molecule has 0 bridgehead atoms. The van der Waals surface area contributed by atoms with Gasteiger partial charge in [0.15, 0.2) is 6.61 Å². The third-order valence-electron chi connectivity index (χ3n) is 1.55. The van der Waals surface area contributed by atoms with E-state index >= 15 is 0 Å². The van der Waals surface area contributed by atoms with Crippen molar-refractivity contribution in [3.8, 4) is 5.88 Å². The summed E-state index contributed by atoms with van der Waals surface area (Å²) in [6.07, 6.45) is 1.61. The van der Waals surface area contributed by atoms with Crippen LogP contribution in [-0.4, -0.2) is 24.7 Å². The van der Waals surface area contributed by atoms with Gasteiger partial charge >= 0.3 is 5.97 Å². The summed E-state index contributed by atoms with van der Waals surface area (Å²) >= 11 is 3.28. The lowest BCUT2D eigenvalue weighted by molar-refractivity contribution is -0.143. The zero-order valence-electron chi connectivity index (χ0n) is 7.91. The second-order valence-corrected chi connectivity index (χ2v) is 3.56. The minimum Gasteiger partial charge on any atom is -0.466 e. The Hall–Kier alpha value is -1.10. The first-order chi connectivity index (χ1) is 6.63. The van der Waals surface area contributed by atoms with Crippen molar-refractivity contribution in [1.82, 2.24) is 4.98 Å². The maximum atomic E-state index is 10.8. The summed E-state index contributed by atoms with van der Waals surface area (Å²) in [4.78, 5) is 14.8. The van der Waals surface area contributed by atoms with Gasteiger partial charge in [0, 0.05) is 16.2 Å². The standard InChI is InChI=1S/C9H10BrNO3/c1-6-3-7(10)4-11-9(6)14-5-8(12)13-2/h3-4H,5H2,1-2H3. The molecule has 0 aliphatic heterocycles. The first kappa shape index (κ1) is 11.0. The van der Waals surface area contributed by atoms with E-state index in [0.29, 0.717) is 5.88 Å². The second kappa shape index (κ2) is 4.95. The normalized spacial score (nSPS) is 9.64. The monoisotopic (exact) mass is 259 g/mol. The molecule has 0 aliphatic rings. The van der Waals surface area contributed by atoms with Gasteiger partial charge in [-0.25, -0.2) is 9.78 Å². The van der Waals surface area contributed by atoms with Crippen molar-refractivity contribution >= 4 is 21.9 Å². The fraction of sp³-hybridized carbons (Fsp3) is 0.333. The van der Waals surface area contributed by atoms with E-state index in [4.69, 9.17) is 4.74 Å². The Kier molecular flexibility index (Phi) is 3.88. The molecule has 0 fully saturated rings. The van der Waals surface area contributed by atoms with Crippen molar-refractivity contribution in [2.75, 3.05) is 13.7 Å². The molecule has 14 heavy (non-hydrogen) atoms. The fourth-order valence-corrected chi connectivity index (χ4v) is 1.31. The number of hydrogen-bond donors (Lipinski definition) is 0. The van der Waals surface area contributed by atoms with Crippen LogP contribution in [0.1, 0.15) is 5.56 Å². The average molecular weight is 260 g/mol. The quantitative estimate of drug-likeness (QED) is 0.776. The summed E-state index contributed by atoms with van der Waals surface area (Å²) in [5, 5.41) is 0. The molecular weight excluding hydrogens is 250 g/mol. The van der Waals surface area contributed by atoms with Gasteiger partial charge in [-0.05, 0) is 28.9 Å². The van der Waals surface area contributed by atoms with E-state index in [1.165, 1.54) is 7.11 Å². The number of pyridine rings is 1. The Labute approximate surface area is 90.4 Å². The third kappa shape index (κ3) is 2.99. The van der Waals surface area contributed by atoms with E-state index in [1.807, 2.05) is 13.0 Å². The zero-order valence-corrected chi connectivity index (χ0v) is 9.50. The first-order valence-corrected chi connectivity index (χ1v) is 4.74. The summed E-state index contributed by atoms with van der Waals surface area (Å²) in [6.45, 7) is 1.73. The van der Waals surface area contributed by atoms with Gasteiger partial charge in [0.2, 0.25) is 5.88 Å². The highest BCUT2D eigenvalue weighted by Gasteiger charge is 2.05. The molecule has 0 aliphatic carbocycles. The predicted molar refractivity (Wildman–Crippen MR) is 54.2 cm³/mol. The molecule has 4 nitrogen and oxygen atoms in total.